The minimum absolute atomic E-state index is 0.0243. The van der Waals surface area contributed by atoms with E-state index in [2.05, 4.69) is 117 Å². The number of carbonyl (C=O) groups is 3. The molecule has 15 heteroatoms. The van der Waals surface area contributed by atoms with Crippen LogP contribution in [0.15, 0.2) is 69.0 Å². The highest BCUT2D eigenvalue weighted by molar-refractivity contribution is 5.88. The highest BCUT2D eigenvalue weighted by Crippen LogP contribution is 2.22. The van der Waals surface area contributed by atoms with E-state index in [0.717, 1.165) is 9.13 Å². The van der Waals surface area contributed by atoms with Crippen molar-refractivity contribution in [2.45, 2.75) is 34.6 Å². The average molecular weight is 849 g/mol. The van der Waals surface area contributed by atoms with Gasteiger partial charge in [-0.2, -0.15) is 0 Å². The van der Waals surface area contributed by atoms with Gasteiger partial charge < -0.3 is 14.2 Å². The molecule has 1 aromatic heterocycles. The van der Waals surface area contributed by atoms with Crippen LogP contribution < -0.4 is 33.0 Å². The van der Waals surface area contributed by atoms with Crippen LogP contribution in [0.5, 0.6) is 0 Å². The van der Waals surface area contributed by atoms with Crippen molar-refractivity contribution in [3.05, 3.63) is 103 Å². The Morgan fingerprint density at radius 1 is 0.484 bits per heavy atom. The molecule has 3 N–H and O–H groups in total. The van der Waals surface area contributed by atoms with Gasteiger partial charge >= 0.3 is 35.3 Å². The first kappa shape index (κ1) is 46.6. The van der Waals surface area contributed by atoms with Crippen molar-refractivity contribution < 1.29 is 28.6 Å². The third-order valence-corrected chi connectivity index (χ3v) is 7.99. The minimum Gasteiger partial charge on any atom is -0.450 e. The summed E-state index contributed by atoms with van der Waals surface area (Å²) < 4.78 is 17.1. The number of ether oxygens (including phenoxy) is 3. The minimum atomic E-state index is -1.10. The molecule has 3 amide bonds. The molecular formula is C49H32N6O9. The maximum absolute atomic E-state index is 14.4. The summed E-state index contributed by atoms with van der Waals surface area (Å²) in [5.74, 6) is 38.4. The van der Waals surface area contributed by atoms with Crippen LogP contribution in [0, 0.1) is 128 Å². The van der Waals surface area contributed by atoms with E-state index >= 15 is 0 Å². The summed E-state index contributed by atoms with van der Waals surface area (Å²) >= 11 is 0. The number of terminal acetylenes is 1. The van der Waals surface area contributed by atoms with E-state index in [0.29, 0.717) is 21.3 Å². The third kappa shape index (κ3) is 13.0. The van der Waals surface area contributed by atoms with Crippen LogP contribution in [-0.4, -0.2) is 45.2 Å². The van der Waals surface area contributed by atoms with E-state index in [4.69, 9.17) is 20.6 Å². The summed E-state index contributed by atoms with van der Waals surface area (Å²) in [5.41, 5.74) is -1.22. The molecule has 0 atom stereocenters. The Morgan fingerprint density at radius 2 is 0.781 bits per heavy atom. The van der Waals surface area contributed by atoms with Gasteiger partial charge in [0.15, 0.2) is 0 Å². The number of aromatic nitrogens is 3. The second kappa shape index (κ2) is 23.5. The number of benzene rings is 3. The topological polar surface area (TPSA) is 181 Å². The van der Waals surface area contributed by atoms with Gasteiger partial charge in [-0.3, -0.25) is 16.0 Å². The molecule has 312 valence electrons. The zero-order valence-electron chi connectivity index (χ0n) is 34.7. The molecule has 0 fully saturated rings. The van der Waals surface area contributed by atoms with Gasteiger partial charge in [0.2, 0.25) is 0 Å². The van der Waals surface area contributed by atoms with Crippen LogP contribution in [0.25, 0.3) is 17.1 Å². The molecule has 0 saturated carbocycles. The lowest BCUT2D eigenvalue weighted by Crippen LogP contribution is -2.52. The van der Waals surface area contributed by atoms with Gasteiger partial charge in [-0.15, -0.1) is 6.42 Å². The fourth-order valence-corrected chi connectivity index (χ4v) is 5.09. The van der Waals surface area contributed by atoms with Crippen molar-refractivity contribution in [1.29, 1.82) is 0 Å². The molecule has 4 aromatic rings. The van der Waals surface area contributed by atoms with Gasteiger partial charge in [0.1, 0.15) is 6.11 Å². The van der Waals surface area contributed by atoms with Crippen LogP contribution in [0.2, 0.25) is 0 Å². The Balaban J connectivity index is 1.71. The maximum Gasteiger partial charge on any atom is 0.425 e. The van der Waals surface area contributed by atoms with Crippen molar-refractivity contribution in [1.82, 2.24) is 13.7 Å². The number of amides is 3. The number of nitrogens with zero attached hydrogens (tertiary/aromatic N) is 3. The van der Waals surface area contributed by atoms with Crippen molar-refractivity contribution in [2.75, 3.05) is 29.2 Å². The normalized spacial score (nSPS) is 8.81. The lowest BCUT2D eigenvalue weighted by Gasteiger charge is -2.17. The van der Waals surface area contributed by atoms with E-state index in [1.165, 1.54) is 42.5 Å². The fourth-order valence-electron chi connectivity index (χ4n) is 5.09. The second-order valence-corrected chi connectivity index (χ2v) is 12.2. The molecule has 0 saturated heterocycles. The van der Waals surface area contributed by atoms with Crippen molar-refractivity contribution >= 4 is 35.3 Å². The lowest BCUT2D eigenvalue weighted by molar-refractivity contribution is 0.167. The Bertz CT molecular complexity index is 3220. The number of nitrogens with one attached hydrogen (secondary N) is 3. The predicted molar refractivity (Wildman–Crippen MR) is 240 cm³/mol. The third-order valence-electron chi connectivity index (χ3n) is 7.99. The first-order chi connectivity index (χ1) is 30.9. The number of aryl methyl sites for hydroxylation is 3. The van der Waals surface area contributed by atoms with Gasteiger partial charge in [0, 0.05) is 64.4 Å². The average Bonchev–Trinajstić information content (AvgIpc) is 3.25. The van der Waals surface area contributed by atoms with Gasteiger partial charge in [0.25, 0.3) is 0 Å². The SMILES string of the molecule is C#CC#CC#CC#CC#CC#CC#CC#CC#COC(=O)Nc1cc(-n2c(=O)n(-c3ccc(C)c(NC(=O)OCC)c3)c(=O)n(-c3ccc(C)c(NC(=O)OCC)c3)c2=O)ccc1C. The van der Waals surface area contributed by atoms with Gasteiger partial charge in [-0.1, -0.05) is 18.2 Å². The van der Waals surface area contributed by atoms with E-state index in [1.54, 1.807) is 46.8 Å². The van der Waals surface area contributed by atoms with E-state index in [9.17, 15) is 28.8 Å². The van der Waals surface area contributed by atoms with Crippen molar-refractivity contribution in [3.63, 3.8) is 0 Å². The van der Waals surface area contributed by atoms with Crippen LogP contribution in [0.1, 0.15) is 30.5 Å². The zero-order chi connectivity index (χ0) is 46.4. The number of anilines is 3. The Labute approximate surface area is 367 Å². The second-order valence-electron chi connectivity index (χ2n) is 12.2. The predicted octanol–water partition coefficient (Wildman–Crippen LogP) is 4.37. The number of rotatable bonds is 8. The molecule has 0 aliphatic heterocycles. The van der Waals surface area contributed by atoms with E-state index in [-0.39, 0.29) is 47.3 Å². The van der Waals surface area contributed by atoms with Gasteiger partial charge in [-0.25, -0.2) is 42.5 Å². The first-order valence-corrected chi connectivity index (χ1v) is 18.5. The monoisotopic (exact) mass is 848 g/mol. The Kier molecular flexibility index (Phi) is 17.1. The van der Waals surface area contributed by atoms with E-state index in [1.807, 2.05) is 0 Å². The summed E-state index contributed by atoms with van der Waals surface area (Å²) in [4.78, 5) is 80.6. The fraction of sp³-hybridized carbons (Fsp3) is 0.143. The van der Waals surface area contributed by atoms with E-state index < -0.39 is 35.3 Å². The molecule has 0 bridgehead atoms. The molecular weight excluding hydrogens is 817 g/mol. The van der Waals surface area contributed by atoms with Gasteiger partial charge in [-0.05, 0) is 135 Å². The number of hydrogen-bond donors (Lipinski definition) is 3. The highest BCUT2D eigenvalue weighted by atomic mass is 16.6. The van der Waals surface area contributed by atoms with Crippen molar-refractivity contribution in [2.24, 2.45) is 0 Å². The molecule has 3 aromatic carbocycles. The Hall–Kier alpha value is -10.1. The van der Waals surface area contributed by atoms with Crippen LogP contribution >= 0.6 is 0 Å². The summed E-state index contributed by atoms with van der Waals surface area (Å²) in [5, 5.41) is 7.67. The number of hydrogen-bond acceptors (Lipinski definition) is 9. The summed E-state index contributed by atoms with van der Waals surface area (Å²) in [6.07, 6.45) is 4.52. The molecule has 15 nitrogen and oxygen atoms in total. The lowest BCUT2D eigenvalue weighted by atomic mass is 10.1. The molecule has 0 spiro atoms. The summed E-state index contributed by atoms with van der Waals surface area (Å²) in [7, 11) is 0. The Morgan fingerprint density at radius 3 is 1.09 bits per heavy atom. The highest BCUT2D eigenvalue weighted by Gasteiger charge is 2.22. The summed E-state index contributed by atoms with van der Waals surface area (Å²) in [6, 6.07) is 13.0. The standard InChI is InChI=1S/C49H32N6O9/c1-7-10-11-12-13-14-15-16-17-18-19-20-21-22-23-24-31-64-46(58)52-43-34-40(30-27-37(43)6)55-48(60)53(38-28-25-35(4)41(32-38)50-44(56)62-8-2)47(59)54(49(55)61)39-29-26-36(5)42(33-39)51-45(57)63-9-3/h1,25-30,32-34H,8-9H2,2-6H3,(H,50,56)(H,51,57)(H,52,58). The molecule has 64 heavy (non-hydrogen) atoms. The maximum atomic E-state index is 14.4. The zero-order valence-corrected chi connectivity index (χ0v) is 34.7. The molecule has 4 rings (SSSR count). The molecule has 0 aliphatic rings. The molecule has 0 aliphatic carbocycles. The molecule has 1 heterocycles. The van der Waals surface area contributed by atoms with Crippen molar-refractivity contribution in [3.8, 4) is 124 Å². The number of carbonyl (C=O) groups excluding carboxylic acids is 3. The summed E-state index contributed by atoms with van der Waals surface area (Å²) in [6.45, 7) is 8.44. The van der Waals surface area contributed by atoms with Crippen LogP contribution in [0.3, 0.4) is 0 Å². The molecule has 0 radical (unpaired) electrons. The first-order valence-electron chi connectivity index (χ1n) is 18.5. The van der Waals surface area contributed by atoms with Crippen LogP contribution in [-0.2, 0) is 14.2 Å². The quantitative estimate of drug-likeness (QED) is 0.172. The van der Waals surface area contributed by atoms with Crippen LogP contribution in [0.4, 0.5) is 31.4 Å². The largest absolute Gasteiger partial charge is 0.450 e. The van der Waals surface area contributed by atoms with Gasteiger partial charge in [0.05, 0.1) is 30.3 Å². The smallest absolute Gasteiger partial charge is 0.425 e. The molecule has 0 unspecified atom stereocenters.